The lowest BCUT2D eigenvalue weighted by atomic mass is 10.1. The number of amides is 1. The van der Waals surface area contributed by atoms with Gasteiger partial charge in [-0.1, -0.05) is 36.4 Å². The lowest BCUT2D eigenvalue weighted by Crippen LogP contribution is -2.39. The van der Waals surface area contributed by atoms with Crippen LogP contribution in [-0.2, 0) is 9.53 Å². The fraction of sp³-hybridized carbons (Fsp3) is 0.312. The van der Waals surface area contributed by atoms with Gasteiger partial charge in [0.15, 0.2) is 0 Å². The second-order valence-corrected chi connectivity index (χ2v) is 4.80. The highest BCUT2D eigenvalue weighted by molar-refractivity contribution is 5.95. The zero-order valence-corrected chi connectivity index (χ0v) is 11.8. The molecule has 1 amide bonds. The standard InChI is InChI=1S/C16H20N2O2/c1-12(11-20-2)18-16(19)10-17-15-9-5-7-13-6-3-4-8-14(13)15/h3-9,12,17H,10-11H2,1-2H3,(H,18,19)/t12-/m1/s1. The van der Waals surface area contributed by atoms with Crippen molar-refractivity contribution in [1.29, 1.82) is 0 Å². The number of carbonyl (C=O) groups excluding carboxylic acids is 1. The summed E-state index contributed by atoms with van der Waals surface area (Å²) in [5.74, 6) is -0.0394. The van der Waals surface area contributed by atoms with Crippen LogP contribution in [0.5, 0.6) is 0 Å². The van der Waals surface area contributed by atoms with E-state index in [0.717, 1.165) is 16.5 Å². The lowest BCUT2D eigenvalue weighted by molar-refractivity contribution is -0.120. The Balaban J connectivity index is 1.97. The van der Waals surface area contributed by atoms with Gasteiger partial charge in [0.2, 0.25) is 5.91 Å². The van der Waals surface area contributed by atoms with Gasteiger partial charge in [-0.25, -0.2) is 0 Å². The highest BCUT2D eigenvalue weighted by Crippen LogP contribution is 2.22. The maximum atomic E-state index is 11.8. The fourth-order valence-electron chi connectivity index (χ4n) is 2.17. The molecule has 0 aromatic heterocycles. The van der Waals surface area contributed by atoms with Crippen LogP contribution in [0.15, 0.2) is 42.5 Å². The van der Waals surface area contributed by atoms with Gasteiger partial charge in [0, 0.05) is 24.2 Å². The Kier molecular flexibility index (Phi) is 4.96. The Bertz CT molecular complexity index is 578. The Hall–Kier alpha value is -2.07. The second-order valence-electron chi connectivity index (χ2n) is 4.80. The zero-order chi connectivity index (χ0) is 14.4. The molecule has 2 rings (SSSR count). The quantitative estimate of drug-likeness (QED) is 0.849. The lowest BCUT2D eigenvalue weighted by Gasteiger charge is -2.14. The molecule has 0 heterocycles. The van der Waals surface area contributed by atoms with Gasteiger partial charge in [0.05, 0.1) is 13.2 Å². The highest BCUT2D eigenvalue weighted by atomic mass is 16.5. The number of ether oxygens (including phenoxy) is 1. The summed E-state index contributed by atoms with van der Waals surface area (Å²) in [4.78, 5) is 11.8. The first-order chi connectivity index (χ1) is 9.70. The topological polar surface area (TPSA) is 50.4 Å². The maximum absolute atomic E-state index is 11.8. The summed E-state index contributed by atoms with van der Waals surface area (Å²) in [7, 11) is 1.62. The predicted molar refractivity (Wildman–Crippen MR) is 81.9 cm³/mol. The first-order valence-corrected chi connectivity index (χ1v) is 6.70. The Morgan fingerprint density at radius 3 is 2.75 bits per heavy atom. The van der Waals surface area contributed by atoms with Crippen molar-refractivity contribution in [1.82, 2.24) is 5.32 Å². The number of benzene rings is 2. The number of hydrogen-bond donors (Lipinski definition) is 2. The van der Waals surface area contributed by atoms with Crippen molar-refractivity contribution in [2.45, 2.75) is 13.0 Å². The molecule has 4 nitrogen and oxygen atoms in total. The van der Waals surface area contributed by atoms with E-state index in [0.29, 0.717) is 6.61 Å². The molecule has 0 radical (unpaired) electrons. The summed E-state index contributed by atoms with van der Waals surface area (Å²) >= 11 is 0. The molecule has 2 aromatic rings. The van der Waals surface area contributed by atoms with E-state index < -0.39 is 0 Å². The van der Waals surface area contributed by atoms with Crippen LogP contribution in [0.4, 0.5) is 5.69 Å². The minimum absolute atomic E-state index is 0.0156. The third-order valence-corrected chi connectivity index (χ3v) is 3.05. The molecule has 0 saturated heterocycles. The Morgan fingerprint density at radius 2 is 1.95 bits per heavy atom. The molecule has 0 aliphatic heterocycles. The molecule has 0 aliphatic carbocycles. The van der Waals surface area contributed by atoms with Crippen LogP contribution in [0, 0.1) is 0 Å². The van der Waals surface area contributed by atoms with Crippen LogP contribution in [0.25, 0.3) is 10.8 Å². The molecule has 0 fully saturated rings. The number of hydrogen-bond acceptors (Lipinski definition) is 3. The number of carbonyl (C=O) groups is 1. The van der Waals surface area contributed by atoms with E-state index in [-0.39, 0.29) is 18.5 Å². The molecule has 0 unspecified atom stereocenters. The van der Waals surface area contributed by atoms with Gasteiger partial charge in [-0.3, -0.25) is 4.79 Å². The van der Waals surface area contributed by atoms with E-state index in [4.69, 9.17) is 4.74 Å². The van der Waals surface area contributed by atoms with E-state index in [1.165, 1.54) is 0 Å². The molecule has 20 heavy (non-hydrogen) atoms. The molecule has 2 aromatic carbocycles. The maximum Gasteiger partial charge on any atom is 0.239 e. The average molecular weight is 272 g/mol. The van der Waals surface area contributed by atoms with Crippen molar-refractivity contribution in [2.24, 2.45) is 0 Å². The van der Waals surface area contributed by atoms with Gasteiger partial charge < -0.3 is 15.4 Å². The molecule has 0 saturated carbocycles. The number of rotatable bonds is 6. The average Bonchev–Trinajstić information content (AvgIpc) is 2.45. The minimum Gasteiger partial charge on any atom is -0.383 e. The first kappa shape index (κ1) is 14.3. The second kappa shape index (κ2) is 6.91. The van der Waals surface area contributed by atoms with Crippen molar-refractivity contribution in [3.8, 4) is 0 Å². The summed E-state index contributed by atoms with van der Waals surface area (Å²) < 4.78 is 4.99. The fourth-order valence-corrected chi connectivity index (χ4v) is 2.17. The molecule has 106 valence electrons. The molecule has 0 bridgehead atoms. The van der Waals surface area contributed by atoms with Gasteiger partial charge >= 0.3 is 0 Å². The molecule has 0 aliphatic rings. The summed E-state index contributed by atoms with van der Waals surface area (Å²) in [6.45, 7) is 2.68. The van der Waals surface area contributed by atoms with Crippen LogP contribution in [0.1, 0.15) is 6.92 Å². The SMILES string of the molecule is COC[C@@H](C)NC(=O)CNc1cccc2ccccc12. The van der Waals surface area contributed by atoms with E-state index in [1.807, 2.05) is 37.3 Å². The van der Waals surface area contributed by atoms with Crippen molar-refractivity contribution in [3.05, 3.63) is 42.5 Å². The van der Waals surface area contributed by atoms with E-state index in [9.17, 15) is 4.79 Å². The molecular weight excluding hydrogens is 252 g/mol. The number of anilines is 1. The number of methoxy groups -OCH3 is 1. The van der Waals surface area contributed by atoms with E-state index >= 15 is 0 Å². The monoisotopic (exact) mass is 272 g/mol. The van der Waals surface area contributed by atoms with Crippen molar-refractivity contribution in [3.63, 3.8) is 0 Å². The highest BCUT2D eigenvalue weighted by Gasteiger charge is 2.07. The molecule has 1 atom stereocenters. The first-order valence-electron chi connectivity index (χ1n) is 6.70. The predicted octanol–water partition coefficient (Wildman–Crippen LogP) is 2.40. The Morgan fingerprint density at radius 1 is 1.20 bits per heavy atom. The van der Waals surface area contributed by atoms with Gasteiger partial charge in [-0.05, 0) is 18.4 Å². The largest absolute Gasteiger partial charge is 0.383 e. The summed E-state index contributed by atoms with van der Waals surface area (Å²) in [5, 5.41) is 8.33. The Labute approximate surface area is 119 Å². The number of fused-ring (bicyclic) bond motifs is 1. The molecular formula is C16H20N2O2. The molecule has 0 spiro atoms. The summed E-state index contributed by atoms with van der Waals surface area (Å²) in [6.07, 6.45) is 0. The number of nitrogens with one attached hydrogen (secondary N) is 2. The normalized spacial score (nSPS) is 12.1. The van der Waals surface area contributed by atoms with Crippen LogP contribution in [0.2, 0.25) is 0 Å². The van der Waals surface area contributed by atoms with Crippen LogP contribution >= 0.6 is 0 Å². The van der Waals surface area contributed by atoms with Crippen molar-refractivity contribution >= 4 is 22.4 Å². The van der Waals surface area contributed by atoms with Gasteiger partial charge in [-0.15, -0.1) is 0 Å². The summed E-state index contributed by atoms with van der Waals surface area (Å²) in [5.41, 5.74) is 0.970. The van der Waals surface area contributed by atoms with Crippen LogP contribution in [0.3, 0.4) is 0 Å². The van der Waals surface area contributed by atoms with Crippen LogP contribution in [-0.4, -0.2) is 32.2 Å². The van der Waals surface area contributed by atoms with Crippen LogP contribution < -0.4 is 10.6 Å². The third-order valence-electron chi connectivity index (χ3n) is 3.05. The summed E-state index contributed by atoms with van der Waals surface area (Å²) in [6, 6.07) is 14.1. The van der Waals surface area contributed by atoms with E-state index in [2.05, 4.69) is 22.8 Å². The minimum atomic E-state index is -0.0394. The van der Waals surface area contributed by atoms with Gasteiger partial charge in [-0.2, -0.15) is 0 Å². The molecule has 4 heteroatoms. The zero-order valence-electron chi connectivity index (χ0n) is 11.8. The van der Waals surface area contributed by atoms with Crippen molar-refractivity contribution < 1.29 is 9.53 Å². The molecule has 2 N–H and O–H groups in total. The van der Waals surface area contributed by atoms with Crippen molar-refractivity contribution in [2.75, 3.05) is 25.6 Å². The van der Waals surface area contributed by atoms with Gasteiger partial charge in [0.1, 0.15) is 0 Å². The van der Waals surface area contributed by atoms with Gasteiger partial charge in [0.25, 0.3) is 0 Å². The third kappa shape index (κ3) is 3.71. The van der Waals surface area contributed by atoms with E-state index in [1.54, 1.807) is 7.11 Å². The smallest absolute Gasteiger partial charge is 0.239 e.